The summed E-state index contributed by atoms with van der Waals surface area (Å²) in [6.45, 7) is 1.63. The van der Waals surface area contributed by atoms with E-state index in [9.17, 15) is 22.4 Å². The first-order valence-electron chi connectivity index (χ1n) is 9.49. The number of hydrogen-bond donors (Lipinski definition) is 1. The minimum Gasteiger partial charge on any atom is -0.456 e. The van der Waals surface area contributed by atoms with Gasteiger partial charge in [-0.2, -0.15) is 0 Å². The van der Waals surface area contributed by atoms with Crippen molar-refractivity contribution in [3.63, 3.8) is 0 Å². The minimum atomic E-state index is -3.77. The van der Waals surface area contributed by atoms with Gasteiger partial charge in [-0.3, -0.25) is 9.59 Å². The molecule has 0 aromatic heterocycles. The van der Waals surface area contributed by atoms with Gasteiger partial charge in [-0.15, -0.1) is 0 Å². The monoisotopic (exact) mass is 436 g/mol. The molecule has 7 nitrogen and oxygen atoms in total. The maximum absolute atomic E-state index is 13.0. The van der Waals surface area contributed by atoms with Crippen LogP contribution in [0.3, 0.4) is 0 Å². The normalized spacial score (nSPS) is 11.3. The third-order valence-corrected chi connectivity index (χ3v) is 6.28. The number of benzene rings is 2. The van der Waals surface area contributed by atoms with Crippen LogP contribution in [0.5, 0.6) is 0 Å². The highest BCUT2D eigenvalue weighted by Gasteiger charge is 2.20. The number of halogens is 1. The van der Waals surface area contributed by atoms with Gasteiger partial charge in [0.2, 0.25) is 10.0 Å². The van der Waals surface area contributed by atoms with Crippen LogP contribution in [0.4, 0.5) is 10.1 Å². The lowest BCUT2D eigenvalue weighted by molar-refractivity contribution is -0.147. The number of carbonyl (C=O) groups is 2. The summed E-state index contributed by atoms with van der Waals surface area (Å²) in [6.07, 6.45) is 0.933. The molecule has 0 aliphatic carbocycles. The fourth-order valence-electron chi connectivity index (χ4n) is 2.71. The van der Waals surface area contributed by atoms with Crippen LogP contribution >= 0.6 is 0 Å². The van der Waals surface area contributed by atoms with Gasteiger partial charge in [0.05, 0.1) is 4.90 Å². The number of para-hydroxylation sites is 1. The maximum atomic E-state index is 13.0. The Bertz CT molecular complexity index is 977. The van der Waals surface area contributed by atoms with E-state index in [1.54, 1.807) is 12.1 Å². The molecule has 0 aliphatic rings. The predicted molar refractivity (Wildman–Crippen MR) is 111 cm³/mol. The number of hydrogen-bond acceptors (Lipinski definition) is 5. The highest BCUT2D eigenvalue weighted by atomic mass is 32.2. The second-order valence-corrected chi connectivity index (χ2v) is 8.65. The van der Waals surface area contributed by atoms with Crippen LogP contribution in [0.15, 0.2) is 53.4 Å². The fraction of sp³-hybridized carbons (Fsp3) is 0.333. The molecule has 0 saturated carbocycles. The number of sulfonamides is 1. The van der Waals surface area contributed by atoms with Gasteiger partial charge in [-0.1, -0.05) is 25.1 Å². The number of rotatable bonds is 10. The second kappa shape index (κ2) is 10.8. The molecule has 0 spiro atoms. The molecule has 1 N–H and O–H groups in total. The Hall–Kier alpha value is -2.78. The molecule has 2 rings (SSSR count). The number of ether oxygens (including phenoxy) is 1. The average Bonchev–Trinajstić information content (AvgIpc) is 2.73. The highest BCUT2D eigenvalue weighted by Crippen LogP contribution is 2.16. The molecule has 0 fully saturated rings. The van der Waals surface area contributed by atoms with E-state index in [0.717, 1.165) is 28.4 Å². The van der Waals surface area contributed by atoms with Gasteiger partial charge < -0.3 is 10.1 Å². The largest absolute Gasteiger partial charge is 0.456 e. The van der Waals surface area contributed by atoms with Crippen molar-refractivity contribution in [1.82, 2.24) is 4.31 Å². The lowest BCUT2D eigenvalue weighted by Gasteiger charge is -2.17. The quantitative estimate of drug-likeness (QED) is 0.578. The summed E-state index contributed by atoms with van der Waals surface area (Å²) in [7, 11) is -2.39. The zero-order valence-corrected chi connectivity index (χ0v) is 17.7. The molecular formula is C21H25FN2O5S. The number of amides is 1. The molecule has 9 heteroatoms. The van der Waals surface area contributed by atoms with Crippen LogP contribution in [0.25, 0.3) is 0 Å². The van der Waals surface area contributed by atoms with E-state index in [1.807, 2.05) is 19.1 Å². The highest BCUT2D eigenvalue weighted by molar-refractivity contribution is 7.89. The van der Waals surface area contributed by atoms with Crippen molar-refractivity contribution in [2.24, 2.45) is 0 Å². The molecular weight excluding hydrogens is 411 g/mol. The Kier molecular flexibility index (Phi) is 8.49. The minimum absolute atomic E-state index is 0.0296. The lowest BCUT2D eigenvalue weighted by Crippen LogP contribution is -2.28. The van der Waals surface area contributed by atoms with E-state index >= 15 is 0 Å². The standard InChI is InChI=1S/C21H25FN2O5S/c1-3-16-7-4-5-8-19(16)23-20(25)15-29-21(26)9-6-14-24(2)30(27,28)18-12-10-17(22)11-13-18/h4-5,7-8,10-13H,3,6,9,14-15H2,1-2H3,(H,23,25). The van der Waals surface area contributed by atoms with Crippen molar-refractivity contribution in [2.75, 3.05) is 25.5 Å². The Morgan fingerprint density at radius 3 is 2.43 bits per heavy atom. The molecule has 2 aromatic carbocycles. The van der Waals surface area contributed by atoms with Crippen LogP contribution in [0.2, 0.25) is 0 Å². The molecule has 1 amide bonds. The summed E-state index contributed by atoms with van der Waals surface area (Å²) in [4.78, 5) is 23.8. The van der Waals surface area contributed by atoms with Crippen LogP contribution in [0, 0.1) is 5.82 Å². The molecule has 162 valence electrons. The third kappa shape index (κ3) is 6.64. The van der Waals surface area contributed by atoms with E-state index in [0.29, 0.717) is 5.69 Å². The predicted octanol–water partition coefficient (Wildman–Crippen LogP) is 2.97. The van der Waals surface area contributed by atoms with Crippen LogP contribution in [-0.4, -0.2) is 44.8 Å². The molecule has 0 bridgehead atoms. The van der Waals surface area contributed by atoms with Crippen LogP contribution < -0.4 is 5.32 Å². The van der Waals surface area contributed by atoms with Crippen molar-refractivity contribution in [3.05, 3.63) is 59.9 Å². The number of esters is 1. The van der Waals surface area contributed by atoms with Crippen LogP contribution in [0.1, 0.15) is 25.3 Å². The SMILES string of the molecule is CCc1ccccc1NC(=O)COC(=O)CCCN(C)S(=O)(=O)c1ccc(F)cc1. The molecule has 0 heterocycles. The number of aryl methyl sites for hydroxylation is 1. The summed E-state index contributed by atoms with van der Waals surface area (Å²) in [5, 5.41) is 2.70. The van der Waals surface area contributed by atoms with Gasteiger partial charge >= 0.3 is 5.97 Å². The van der Waals surface area contributed by atoms with Crippen molar-refractivity contribution in [3.8, 4) is 0 Å². The van der Waals surface area contributed by atoms with Gasteiger partial charge in [0, 0.05) is 25.7 Å². The number of nitrogens with zero attached hydrogens (tertiary/aromatic N) is 1. The summed E-state index contributed by atoms with van der Waals surface area (Å²) < 4.78 is 43.8. The van der Waals surface area contributed by atoms with Crippen molar-refractivity contribution in [1.29, 1.82) is 0 Å². The molecule has 2 aromatic rings. The zero-order valence-electron chi connectivity index (χ0n) is 16.9. The zero-order chi connectivity index (χ0) is 22.1. The van der Waals surface area contributed by atoms with Gasteiger partial charge in [0.1, 0.15) is 5.82 Å². The first kappa shape index (κ1) is 23.5. The molecule has 0 aliphatic heterocycles. The van der Waals surface area contributed by atoms with E-state index < -0.39 is 34.3 Å². The molecule has 30 heavy (non-hydrogen) atoms. The van der Waals surface area contributed by atoms with Gasteiger partial charge in [-0.05, 0) is 48.7 Å². The first-order valence-corrected chi connectivity index (χ1v) is 10.9. The average molecular weight is 437 g/mol. The molecule has 0 unspecified atom stereocenters. The Morgan fingerprint density at radius 1 is 1.10 bits per heavy atom. The summed E-state index contributed by atoms with van der Waals surface area (Å²) >= 11 is 0. The van der Waals surface area contributed by atoms with Crippen molar-refractivity contribution in [2.45, 2.75) is 31.1 Å². The van der Waals surface area contributed by atoms with E-state index in [4.69, 9.17) is 4.74 Å². The molecule has 0 saturated heterocycles. The number of nitrogens with one attached hydrogen (secondary N) is 1. The fourth-order valence-corrected chi connectivity index (χ4v) is 3.92. The summed E-state index contributed by atoms with van der Waals surface area (Å²) in [6, 6.07) is 11.9. The van der Waals surface area contributed by atoms with E-state index in [-0.39, 0.29) is 24.3 Å². The van der Waals surface area contributed by atoms with E-state index in [2.05, 4.69) is 5.32 Å². The summed E-state index contributed by atoms with van der Waals surface area (Å²) in [5.41, 5.74) is 1.65. The van der Waals surface area contributed by atoms with Gasteiger partial charge in [-0.25, -0.2) is 17.1 Å². The Labute approximate surface area is 175 Å². The Balaban J connectivity index is 1.75. The van der Waals surface area contributed by atoms with Gasteiger partial charge in [0.25, 0.3) is 5.91 Å². The van der Waals surface area contributed by atoms with Crippen molar-refractivity contribution < 1.29 is 27.1 Å². The molecule has 0 radical (unpaired) electrons. The molecule has 0 atom stereocenters. The van der Waals surface area contributed by atoms with Gasteiger partial charge in [0.15, 0.2) is 6.61 Å². The Morgan fingerprint density at radius 2 is 1.77 bits per heavy atom. The number of anilines is 1. The third-order valence-electron chi connectivity index (χ3n) is 4.41. The first-order chi connectivity index (χ1) is 14.2. The van der Waals surface area contributed by atoms with E-state index in [1.165, 1.54) is 19.2 Å². The summed E-state index contributed by atoms with van der Waals surface area (Å²) in [5.74, 6) is -1.57. The number of carbonyl (C=O) groups excluding carboxylic acids is 2. The van der Waals surface area contributed by atoms with Crippen molar-refractivity contribution >= 4 is 27.6 Å². The van der Waals surface area contributed by atoms with Crippen LogP contribution in [-0.2, 0) is 30.8 Å². The smallest absolute Gasteiger partial charge is 0.306 e. The topological polar surface area (TPSA) is 92.8 Å². The maximum Gasteiger partial charge on any atom is 0.306 e. The second-order valence-electron chi connectivity index (χ2n) is 6.60. The lowest BCUT2D eigenvalue weighted by atomic mass is 10.1.